The van der Waals surface area contributed by atoms with Gasteiger partial charge in [-0.2, -0.15) is 0 Å². The molecule has 0 amide bonds. The van der Waals surface area contributed by atoms with E-state index in [1.807, 2.05) is 6.92 Å². The van der Waals surface area contributed by atoms with Crippen molar-refractivity contribution < 1.29 is 23.1 Å². The summed E-state index contributed by atoms with van der Waals surface area (Å²) in [5.41, 5.74) is -0.0479. The predicted molar refractivity (Wildman–Crippen MR) is 72.2 cm³/mol. The minimum absolute atomic E-state index is 0.0156. The predicted octanol–water partition coefficient (Wildman–Crippen LogP) is 1.23. The first-order valence-corrected chi connectivity index (χ1v) is 7.84. The van der Waals surface area contributed by atoms with Gasteiger partial charge in [-0.15, -0.1) is 0 Å². The van der Waals surface area contributed by atoms with Crippen molar-refractivity contribution in [3.05, 3.63) is 29.8 Å². The summed E-state index contributed by atoms with van der Waals surface area (Å²) in [4.78, 5) is 10.9. The lowest BCUT2D eigenvalue weighted by molar-refractivity contribution is 0.0173. The third kappa shape index (κ3) is 3.56. The van der Waals surface area contributed by atoms with Gasteiger partial charge < -0.3 is 9.84 Å². The average molecular weight is 299 g/mol. The summed E-state index contributed by atoms with van der Waals surface area (Å²) in [6, 6.07) is 5.14. The van der Waals surface area contributed by atoms with Crippen molar-refractivity contribution >= 4 is 16.0 Å². The van der Waals surface area contributed by atoms with Crippen LogP contribution in [0.15, 0.2) is 29.2 Å². The SMILES string of the molecule is CC1CC(NS(=O)(=O)c2cccc(C(=O)O)c2)CCO1. The molecule has 1 heterocycles. The number of ether oxygens (including phenoxy) is 1. The number of sulfonamides is 1. The second-order valence-corrected chi connectivity index (χ2v) is 6.57. The van der Waals surface area contributed by atoms with E-state index in [9.17, 15) is 13.2 Å². The first-order chi connectivity index (χ1) is 9.38. The summed E-state index contributed by atoms with van der Waals surface area (Å²) in [7, 11) is -3.71. The lowest BCUT2D eigenvalue weighted by Gasteiger charge is -2.27. The van der Waals surface area contributed by atoms with E-state index in [2.05, 4.69) is 4.72 Å². The molecular weight excluding hydrogens is 282 g/mol. The fraction of sp³-hybridized carbons (Fsp3) is 0.462. The zero-order valence-corrected chi connectivity index (χ0v) is 11.9. The lowest BCUT2D eigenvalue weighted by Crippen LogP contribution is -2.41. The zero-order chi connectivity index (χ0) is 14.8. The molecule has 1 aromatic carbocycles. The third-order valence-corrected chi connectivity index (χ3v) is 4.72. The van der Waals surface area contributed by atoms with Crippen molar-refractivity contribution in [1.82, 2.24) is 4.72 Å². The number of hydrogen-bond acceptors (Lipinski definition) is 4. The van der Waals surface area contributed by atoms with Crippen molar-refractivity contribution in [3.63, 3.8) is 0 Å². The molecule has 2 atom stereocenters. The van der Waals surface area contributed by atoms with Gasteiger partial charge in [-0.05, 0) is 38.0 Å². The molecule has 1 aliphatic rings. The van der Waals surface area contributed by atoms with Crippen molar-refractivity contribution in [2.24, 2.45) is 0 Å². The van der Waals surface area contributed by atoms with Gasteiger partial charge in [0.1, 0.15) is 0 Å². The molecule has 2 rings (SSSR count). The first kappa shape index (κ1) is 15.0. The molecule has 7 heteroatoms. The molecule has 110 valence electrons. The summed E-state index contributed by atoms with van der Waals surface area (Å²) in [5.74, 6) is -1.15. The van der Waals surface area contributed by atoms with Gasteiger partial charge >= 0.3 is 5.97 Å². The Balaban J connectivity index is 2.17. The molecule has 2 unspecified atom stereocenters. The number of carboxylic acid groups (broad SMARTS) is 1. The van der Waals surface area contributed by atoms with Gasteiger partial charge in [-0.1, -0.05) is 6.07 Å². The van der Waals surface area contributed by atoms with Crippen LogP contribution in [0.3, 0.4) is 0 Å². The van der Waals surface area contributed by atoms with Crippen molar-refractivity contribution in [2.75, 3.05) is 6.61 Å². The number of aromatic carboxylic acids is 1. The molecule has 0 saturated carbocycles. The van der Waals surface area contributed by atoms with E-state index >= 15 is 0 Å². The monoisotopic (exact) mass is 299 g/mol. The minimum Gasteiger partial charge on any atom is -0.478 e. The zero-order valence-electron chi connectivity index (χ0n) is 11.1. The minimum atomic E-state index is -3.71. The lowest BCUT2D eigenvalue weighted by atomic mass is 10.1. The maximum absolute atomic E-state index is 12.2. The standard InChI is InChI=1S/C13H17NO5S/c1-9-7-11(5-6-19-9)14-20(17,18)12-4-2-3-10(8-12)13(15)16/h2-4,8-9,11,14H,5-7H2,1H3,(H,15,16). The number of benzene rings is 1. The number of carboxylic acids is 1. The Hall–Kier alpha value is -1.44. The molecule has 0 bridgehead atoms. The van der Waals surface area contributed by atoms with Crippen LogP contribution in [-0.2, 0) is 14.8 Å². The highest BCUT2D eigenvalue weighted by atomic mass is 32.2. The van der Waals surface area contributed by atoms with Crippen LogP contribution >= 0.6 is 0 Å². The molecule has 1 fully saturated rings. The van der Waals surface area contributed by atoms with E-state index in [0.717, 1.165) is 6.07 Å². The van der Waals surface area contributed by atoms with Crippen LogP contribution in [0.4, 0.5) is 0 Å². The summed E-state index contributed by atoms with van der Waals surface area (Å²) in [6.07, 6.45) is 1.24. The van der Waals surface area contributed by atoms with E-state index in [1.54, 1.807) is 0 Å². The van der Waals surface area contributed by atoms with Gasteiger partial charge in [0.15, 0.2) is 0 Å². The van der Waals surface area contributed by atoms with Crippen LogP contribution in [0.2, 0.25) is 0 Å². The van der Waals surface area contributed by atoms with Gasteiger partial charge in [0.05, 0.1) is 16.6 Å². The molecular formula is C13H17NO5S. The third-order valence-electron chi connectivity index (χ3n) is 3.20. The Bertz CT molecular complexity index is 599. The molecule has 0 spiro atoms. The van der Waals surface area contributed by atoms with Crippen LogP contribution in [0.25, 0.3) is 0 Å². The van der Waals surface area contributed by atoms with E-state index in [4.69, 9.17) is 9.84 Å². The van der Waals surface area contributed by atoms with Gasteiger partial charge in [-0.25, -0.2) is 17.9 Å². The number of hydrogen-bond donors (Lipinski definition) is 2. The second kappa shape index (κ2) is 5.90. The molecule has 6 nitrogen and oxygen atoms in total. The quantitative estimate of drug-likeness (QED) is 0.872. The van der Waals surface area contributed by atoms with Crippen LogP contribution in [0.1, 0.15) is 30.1 Å². The van der Waals surface area contributed by atoms with E-state index in [0.29, 0.717) is 19.4 Å². The average Bonchev–Trinajstić information content (AvgIpc) is 2.38. The van der Waals surface area contributed by atoms with Crippen LogP contribution in [-0.4, -0.2) is 38.2 Å². The molecule has 0 aromatic heterocycles. The smallest absolute Gasteiger partial charge is 0.335 e. The van der Waals surface area contributed by atoms with Gasteiger partial charge in [-0.3, -0.25) is 0 Å². The normalized spacial score (nSPS) is 23.4. The molecule has 0 aliphatic carbocycles. The van der Waals surface area contributed by atoms with Crippen molar-refractivity contribution in [2.45, 2.75) is 36.8 Å². The number of rotatable bonds is 4. The maximum atomic E-state index is 12.2. The second-order valence-electron chi connectivity index (χ2n) is 4.86. The molecule has 1 saturated heterocycles. The summed E-state index contributed by atoms with van der Waals surface area (Å²) >= 11 is 0. The highest BCUT2D eigenvalue weighted by Gasteiger charge is 2.25. The molecule has 1 aliphatic heterocycles. The van der Waals surface area contributed by atoms with Gasteiger partial charge in [0, 0.05) is 12.6 Å². The van der Waals surface area contributed by atoms with Crippen molar-refractivity contribution in [1.29, 1.82) is 0 Å². The molecule has 0 radical (unpaired) electrons. The van der Waals surface area contributed by atoms with E-state index in [-0.39, 0.29) is 22.6 Å². The highest BCUT2D eigenvalue weighted by Crippen LogP contribution is 2.17. The molecule has 2 N–H and O–H groups in total. The van der Waals surface area contributed by atoms with E-state index < -0.39 is 16.0 Å². The van der Waals surface area contributed by atoms with Gasteiger partial charge in [0.25, 0.3) is 0 Å². The fourth-order valence-electron chi connectivity index (χ4n) is 2.19. The van der Waals surface area contributed by atoms with Gasteiger partial charge in [0.2, 0.25) is 10.0 Å². The Morgan fingerprint density at radius 2 is 2.20 bits per heavy atom. The van der Waals surface area contributed by atoms with Crippen molar-refractivity contribution in [3.8, 4) is 0 Å². The highest BCUT2D eigenvalue weighted by molar-refractivity contribution is 7.89. The van der Waals surface area contributed by atoms with Crippen LogP contribution in [0, 0.1) is 0 Å². The van der Waals surface area contributed by atoms with E-state index in [1.165, 1.54) is 18.2 Å². The number of carbonyl (C=O) groups is 1. The fourth-order valence-corrected chi connectivity index (χ4v) is 3.52. The Morgan fingerprint density at radius 3 is 2.85 bits per heavy atom. The summed E-state index contributed by atoms with van der Waals surface area (Å²) in [6.45, 7) is 2.41. The topological polar surface area (TPSA) is 92.7 Å². The number of nitrogens with one attached hydrogen (secondary N) is 1. The summed E-state index contributed by atoms with van der Waals surface area (Å²) in [5, 5.41) is 8.90. The summed E-state index contributed by atoms with van der Waals surface area (Å²) < 4.78 is 32.4. The van der Waals surface area contributed by atoms with Crippen LogP contribution < -0.4 is 4.72 Å². The molecule has 1 aromatic rings. The molecule has 20 heavy (non-hydrogen) atoms. The maximum Gasteiger partial charge on any atom is 0.335 e. The van der Waals surface area contributed by atoms with Crippen LogP contribution in [0.5, 0.6) is 0 Å². The Labute approximate surface area is 117 Å². The first-order valence-electron chi connectivity index (χ1n) is 6.36. The Kier molecular flexibility index (Phi) is 4.42. The largest absolute Gasteiger partial charge is 0.478 e. The Morgan fingerprint density at radius 1 is 1.45 bits per heavy atom.